The van der Waals surface area contributed by atoms with Gasteiger partial charge < -0.3 is 4.74 Å². The fourth-order valence-electron chi connectivity index (χ4n) is 2.72. The number of nitrogens with zero attached hydrogens (tertiary/aromatic N) is 1. The van der Waals surface area contributed by atoms with Crippen LogP contribution < -0.4 is 0 Å². The zero-order valence-electron chi connectivity index (χ0n) is 8.09. The molecule has 13 heavy (non-hydrogen) atoms. The van der Waals surface area contributed by atoms with Gasteiger partial charge in [0.25, 0.3) is 0 Å². The molecule has 72 valence electrons. The van der Waals surface area contributed by atoms with E-state index < -0.39 is 0 Å². The highest BCUT2D eigenvalue weighted by atomic mass is 16.5. The topological polar surface area (TPSA) is 33.0 Å². The van der Waals surface area contributed by atoms with Gasteiger partial charge in [0.05, 0.1) is 19.3 Å². The second kappa shape index (κ2) is 3.67. The lowest BCUT2D eigenvalue weighted by molar-refractivity contribution is -0.149. The molecule has 0 aromatic heterocycles. The van der Waals surface area contributed by atoms with Crippen LogP contribution in [0.4, 0.5) is 0 Å². The highest BCUT2D eigenvalue weighted by Crippen LogP contribution is 2.45. The van der Waals surface area contributed by atoms with Crippen LogP contribution in [0.5, 0.6) is 0 Å². The maximum atomic E-state index is 8.79. The summed E-state index contributed by atoms with van der Waals surface area (Å²) in [5, 5.41) is 8.79. The standard InChI is InChI=1S/C11H17NO/c12-7-6-11(8-13-9-11)10-4-2-1-3-5-10/h10H,1-6,8-9H2. The maximum absolute atomic E-state index is 8.79. The molecule has 0 unspecified atom stereocenters. The molecule has 1 aliphatic carbocycles. The molecular formula is C11H17NO. The summed E-state index contributed by atoms with van der Waals surface area (Å²) in [5.41, 5.74) is 0.259. The van der Waals surface area contributed by atoms with Crippen molar-refractivity contribution in [3.63, 3.8) is 0 Å². The van der Waals surface area contributed by atoms with Gasteiger partial charge in [-0.3, -0.25) is 0 Å². The van der Waals surface area contributed by atoms with Crippen molar-refractivity contribution in [2.24, 2.45) is 11.3 Å². The molecule has 0 atom stereocenters. The summed E-state index contributed by atoms with van der Waals surface area (Å²) in [4.78, 5) is 0. The van der Waals surface area contributed by atoms with Gasteiger partial charge in [0.1, 0.15) is 0 Å². The highest BCUT2D eigenvalue weighted by molar-refractivity contribution is 4.98. The average molecular weight is 179 g/mol. The molecule has 2 fully saturated rings. The summed E-state index contributed by atoms with van der Waals surface area (Å²) < 4.78 is 5.29. The van der Waals surface area contributed by atoms with Crippen LogP contribution in [0, 0.1) is 22.7 Å². The lowest BCUT2D eigenvalue weighted by Crippen LogP contribution is -2.48. The Morgan fingerprint density at radius 2 is 1.92 bits per heavy atom. The van der Waals surface area contributed by atoms with E-state index in [1.807, 2.05) is 0 Å². The van der Waals surface area contributed by atoms with Gasteiger partial charge in [0.2, 0.25) is 0 Å². The van der Waals surface area contributed by atoms with Crippen LogP contribution in [0.2, 0.25) is 0 Å². The molecule has 0 N–H and O–H groups in total. The highest BCUT2D eigenvalue weighted by Gasteiger charge is 2.45. The Morgan fingerprint density at radius 1 is 1.23 bits per heavy atom. The van der Waals surface area contributed by atoms with E-state index in [0.717, 1.165) is 19.1 Å². The monoisotopic (exact) mass is 179 g/mol. The first-order valence-electron chi connectivity index (χ1n) is 5.32. The predicted octanol–water partition coefficient (Wildman–Crippen LogP) is 2.50. The third kappa shape index (κ3) is 1.58. The Morgan fingerprint density at radius 3 is 2.38 bits per heavy atom. The molecule has 0 amide bonds. The van der Waals surface area contributed by atoms with Gasteiger partial charge in [-0.15, -0.1) is 0 Å². The van der Waals surface area contributed by atoms with Crippen molar-refractivity contribution in [1.29, 1.82) is 5.26 Å². The van der Waals surface area contributed by atoms with Crippen LogP contribution in [0.3, 0.4) is 0 Å². The zero-order valence-corrected chi connectivity index (χ0v) is 8.09. The fraction of sp³-hybridized carbons (Fsp3) is 0.909. The number of hydrogen-bond acceptors (Lipinski definition) is 2. The van der Waals surface area contributed by atoms with Gasteiger partial charge >= 0.3 is 0 Å². The van der Waals surface area contributed by atoms with Gasteiger partial charge in [-0.05, 0) is 18.8 Å². The molecule has 0 aromatic rings. The minimum Gasteiger partial charge on any atom is -0.380 e. The summed E-state index contributed by atoms with van der Waals surface area (Å²) in [5.74, 6) is 0.773. The van der Waals surface area contributed by atoms with Gasteiger partial charge in [0, 0.05) is 11.8 Å². The fourth-order valence-corrected chi connectivity index (χ4v) is 2.72. The summed E-state index contributed by atoms with van der Waals surface area (Å²) >= 11 is 0. The Hall–Kier alpha value is -0.550. The lowest BCUT2D eigenvalue weighted by Gasteiger charge is -2.47. The Bertz CT molecular complexity index is 209. The second-order valence-corrected chi connectivity index (χ2v) is 4.52. The van der Waals surface area contributed by atoms with Crippen LogP contribution in [-0.4, -0.2) is 13.2 Å². The van der Waals surface area contributed by atoms with Gasteiger partial charge in [-0.1, -0.05) is 19.3 Å². The summed E-state index contributed by atoms with van der Waals surface area (Å²) in [6.45, 7) is 1.68. The van der Waals surface area contributed by atoms with Crippen LogP contribution >= 0.6 is 0 Å². The van der Waals surface area contributed by atoms with Crippen molar-refractivity contribution in [2.75, 3.05) is 13.2 Å². The summed E-state index contributed by atoms with van der Waals surface area (Å²) in [6, 6.07) is 2.33. The van der Waals surface area contributed by atoms with E-state index >= 15 is 0 Å². The van der Waals surface area contributed by atoms with Crippen LogP contribution in [0.15, 0.2) is 0 Å². The first-order valence-corrected chi connectivity index (χ1v) is 5.32. The molecule has 2 nitrogen and oxygen atoms in total. The first-order chi connectivity index (χ1) is 6.37. The molecule has 0 radical (unpaired) electrons. The summed E-state index contributed by atoms with van der Waals surface area (Å²) in [6.07, 6.45) is 7.46. The maximum Gasteiger partial charge on any atom is 0.0629 e. The zero-order chi connectivity index (χ0) is 9.15. The van der Waals surface area contributed by atoms with Crippen molar-refractivity contribution in [1.82, 2.24) is 0 Å². The Kier molecular flexibility index (Phi) is 2.55. The third-order valence-electron chi connectivity index (χ3n) is 3.68. The van der Waals surface area contributed by atoms with Crippen molar-refractivity contribution in [3.05, 3.63) is 0 Å². The quantitative estimate of drug-likeness (QED) is 0.652. The van der Waals surface area contributed by atoms with Crippen LogP contribution in [0.1, 0.15) is 38.5 Å². The van der Waals surface area contributed by atoms with Gasteiger partial charge in [0.15, 0.2) is 0 Å². The van der Waals surface area contributed by atoms with E-state index in [1.54, 1.807) is 0 Å². The van der Waals surface area contributed by atoms with Crippen molar-refractivity contribution >= 4 is 0 Å². The smallest absolute Gasteiger partial charge is 0.0629 e. The molecule has 1 aliphatic heterocycles. The molecule has 1 heterocycles. The minimum absolute atomic E-state index is 0.259. The van der Waals surface area contributed by atoms with E-state index in [1.165, 1.54) is 32.1 Å². The molecular weight excluding hydrogens is 162 g/mol. The van der Waals surface area contributed by atoms with E-state index in [4.69, 9.17) is 10.00 Å². The van der Waals surface area contributed by atoms with Crippen molar-refractivity contribution < 1.29 is 4.74 Å². The molecule has 2 aliphatic rings. The second-order valence-electron chi connectivity index (χ2n) is 4.52. The van der Waals surface area contributed by atoms with Crippen LogP contribution in [0.25, 0.3) is 0 Å². The largest absolute Gasteiger partial charge is 0.380 e. The van der Waals surface area contributed by atoms with E-state index in [2.05, 4.69) is 6.07 Å². The van der Waals surface area contributed by atoms with Crippen LogP contribution in [-0.2, 0) is 4.74 Å². The average Bonchev–Trinajstić information content (AvgIpc) is 2.13. The minimum atomic E-state index is 0.259. The molecule has 0 spiro atoms. The number of hydrogen-bond donors (Lipinski definition) is 0. The molecule has 1 saturated heterocycles. The van der Waals surface area contributed by atoms with E-state index in [-0.39, 0.29) is 5.41 Å². The first kappa shape index (κ1) is 9.02. The summed E-state index contributed by atoms with van der Waals surface area (Å²) in [7, 11) is 0. The van der Waals surface area contributed by atoms with E-state index in [0.29, 0.717) is 6.42 Å². The molecule has 0 aromatic carbocycles. The molecule has 0 bridgehead atoms. The molecule has 1 saturated carbocycles. The van der Waals surface area contributed by atoms with Crippen molar-refractivity contribution in [3.8, 4) is 6.07 Å². The molecule has 2 rings (SSSR count). The van der Waals surface area contributed by atoms with Gasteiger partial charge in [-0.2, -0.15) is 5.26 Å². The normalized spacial score (nSPS) is 27.6. The Balaban J connectivity index is 1.98. The predicted molar refractivity (Wildman–Crippen MR) is 50.1 cm³/mol. The SMILES string of the molecule is N#CCC1(C2CCCCC2)COC1. The number of rotatable bonds is 2. The Labute approximate surface area is 79.9 Å². The van der Waals surface area contributed by atoms with Crippen molar-refractivity contribution in [2.45, 2.75) is 38.5 Å². The third-order valence-corrected chi connectivity index (χ3v) is 3.68. The number of nitriles is 1. The van der Waals surface area contributed by atoms with E-state index in [9.17, 15) is 0 Å². The molecule has 2 heteroatoms. The lowest BCUT2D eigenvalue weighted by atomic mass is 9.66. The van der Waals surface area contributed by atoms with Gasteiger partial charge in [-0.25, -0.2) is 0 Å². The number of ether oxygens (including phenoxy) is 1.